The lowest BCUT2D eigenvalue weighted by atomic mass is 10.1. The van der Waals surface area contributed by atoms with Crippen molar-refractivity contribution in [2.75, 3.05) is 31.1 Å². The Morgan fingerprint density at radius 3 is 2.82 bits per heavy atom. The minimum atomic E-state index is -0.356. The highest BCUT2D eigenvalue weighted by atomic mass is 35.5. The SMILES string of the molecule is Fc1cc(Cl)cnc1CCc1cccc(N2CCNCC2)n1. The lowest BCUT2D eigenvalue weighted by Gasteiger charge is -2.28. The third kappa shape index (κ3) is 3.72. The fraction of sp³-hybridized carbons (Fsp3) is 0.375. The first kappa shape index (κ1) is 15.2. The zero-order valence-corrected chi connectivity index (χ0v) is 13.0. The van der Waals surface area contributed by atoms with E-state index in [0.29, 0.717) is 23.6 Å². The van der Waals surface area contributed by atoms with E-state index in [2.05, 4.69) is 20.2 Å². The molecule has 0 unspecified atom stereocenters. The molecule has 1 aliphatic heterocycles. The monoisotopic (exact) mass is 320 g/mol. The van der Waals surface area contributed by atoms with Gasteiger partial charge in [-0.3, -0.25) is 4.98 Å². The molecule has 2 aromatic heterocycles. The van der Waals surface area contributed by atoms with E-state index in [4.69, 9.17) is 11.6 Å². The molecule has 0 saturated carbocycles. The Balaban J connectivity index is 1.67. The zero-order chi connectivity index (χ0) is 15.4. The molecule has 22 heavy (non-hydrogen) atoms. The third-order valence-electron chi connectivity index (χ3n) is 3.74. The van der Waals surface area contributed by atoms with Crippen molar-refractivity contribution < 1.29 is 4.39 Å². The fourth-order valence-electron chi connectivity index (χ4n) is 2.55. The number of piperazine rings is 1. The van der Waals surface area contributed by atoms with Gasteiger partial charge >= 0.3 is 0 Å². The molecule has 3 heterocycles. The molecule has 4 nitrogen and oxygen atoms in total. The van der Waals surface area contributed by atoms with Crippen molar-refractivity contribution >= 4 is 17.4 Å². The standard InChI is InChI=1S/C16H18ClFN4/c17-12-10-14(18)15(20-11-12)5-4-13-2-1-3-16(21-13)22-8-6-19-7-9-22/h1-3,10-11,19H,4-9H2. The Morgan fingerprint density at radius 1 is 1.23 bits per heavy atom. The summed E-state index contributed by atoms with van der Waals surface area (Å²) in [6.45, 7) is 3.88. The van der Waals surface area contributed by atoms with Crippen molar-refractivity contribution in [3.05, 3.63) is 52.7 Å². The van der Waals surface area contributed by atoms with Gasteiger partial charge in [0.1, 0.15) is 11.6 Å². The van der Waals surface area contributed by atoms with E-state index in [1.807, 2.05) is 18.2 Å². The molecule has 116 valence electrons. The highest BCUT2D eigenvalue weighted by Crippen LogP contribution is 2.16. The Hall–Kier alpha value is -1.72. The Kier molecular flexibility index (Phi) is 4.85. The van der Waals surface area contributed by atoms with Gasteiger partial charge in [-0.2, -0.15) is 0 Å². The van der Waals surface area contributed by atoms with Crippen molar-refractivity contribution in [2.24, 2.45) is 0 Å². The second kappa shape index (κ2) is 7.03. The predicted molar refractivity (Wildman–Crippen MR) is 85.9 cm³/mol. The van der Waals surface area contributed by atoms with Crippen LogP contribution in [0.3, 0.4) is 0 Å². The number of halogens is 2. The number of hydrogen-bond acceptors (Lipinski definition) is 4. The Labute approximate surface area is 134 Å². The van der Waals surface area contributed by atoms with Gasteiger partial charge in [-0.25, -0.2) is 9.37 Å². The van der Waals surface area contributed by atoms with Crippen LogP contribution in [-0.4, -0.2) is 36.1 Å². The number of pyridine rings is 2. The first-order chi connectivity index (χ1) is 10.7. The predicted octanol–water partition coefficient (Wildman–Crippen LogP) is 2.46. The van der Waals surface area contributed by atoms with E-state index in [-0.39, 0.29) is 5.82 Å². The maximum atomic E-state index is 13.7. The quantitative estimate of drug-likeness (QED) is 0.939. The molecule has 1 N–H and O–H groups in total. The van der Waals surface area contributed by atoms with E-state index in [0.717, 1.165) is 37.7 Å². The molecule has 0 atom stereocenters. The number of hydrogen-bond donors (Lipinski definition) is 1. The first-order valence-corrected chi connectivity index (χ1v) is 7.82. The number of anilines is 1. The van der Waals surface area contributed by atoms with E-state index in [1.165, 1.54) is 12.3 Å². The minimum Gasteiger partial charge on any atom is -0.354 e. The van der Waals surface area contributed by atoms with Gasteiger partial charge in [0, 0.05) is 38.1 Å². The average Bonchev–Trinajstić information content (AvgIpc) is 2.55. The minimum absolute atomic E-state index is 0.320. The molecule has 0 aliphatic carbocycles. The fourth-order valence-corrected chi connectivity index (χ4v) is 2.69. The second-order valence-corrected chi connectivity index (χ2v) is 5.74. The molecule has 0 bridgehead atoms. The van der Waals surface area contributed by atoms with Gasteiger partial charge in [0.25, 0.3) is 0 Å². The van der Waals surface area contributed by atoms with Gasteiger partial charge in [-0.1, -0.05) is 17.7 Å². The van der Waals surface area contributed by atoms with E-state index < -0.39 is 0 Å². The van der Waals surface area contributed by atoms with E-state index >= 15 is 0 Å². The highest BCUT2D eigenvalue weighted by molar-refractivity contribution is 6.30. The Morgan fingerprint density at radius 2 is 2.05 bits per heavy atom. The Bertz CT molecular complexity index is 644. The van der Waals surface area contributed by atoms with E-state index in [9.17, 15) is 4.39 Å². The smallest absolute Gasteiger partial charge is 0.146 e. The average molecular weight is 321 g/mol. The zero-order valence-electron chi connectivity index (χ0n) is 12.2. The summed E-state index contributed by atoms with van der Waals surface area (Å²) in [5, 5.41) is 3.65. The molecule has 0 amide bonds. The molecule has 0 radical (unpaired) electrons. The van der Waals surface area contributed by atoms with Gasteiger partial charge in [0.15, 0.2) is 0 Å². The van der Waals surface area contributed by atoms with Crippen molar-refractivity contribution in [1.82, 2.24) is 15.3 Å². The summed E-state index contributed by atoms with van der Waals surface area (Å²) < 4.78 is 13.7. The van der Waals surface area contributed by atoms with Crippen LogP contribution in [0.2, 0.25) is 5.02 Å². The van der Waals surface area contributed by atoms with Gasteiger partial charge in [-0.05, 0) is 31.0 Å². The van der Waals surface area contributed by atoms with Gasteiger partial charge in [0.2, 0.25) is 0 Å². The van der Waals surface area contributed by atoms with Crippen LogP contribution < -0.4 is 10.2 Å². The molecular weight excluding hydrogens is 303 g/mol. The molecular formula is C16H18ClFN4. The van der Waals surface area contributed by atoms with Crippen LogP contribution in [-0.2, 0) is 12.8 Å². The van der Waals surface area contributed by atoms with Crippen LogP contribution in [0.1, 0.15) is 11.4 Å². The highest BCUT2D eigenvalue weighted by Gasteiger charge is 2.12. The second-order valence-electron chi connectivity index (χ2n) is 5.31. The van der Waals surface area contributed by atoms with Crippen LogP contribution >= 0.6 is 11.6 Å². The molecule has 3 rings (SSSR count). The summed E-state index contributed by atoms with van der Waals surface area (Å²) >= 11 is 5.72. The summed E-state index contributed by atoms with van der Waals surface area (Å²) in [6, 6.07) is 7.30. The number of aromatic nitrogens is 2. The lowest BCUT2D eigenvalue weighted by Crippen LogP contribution is -2.43. The lowest BCUT2D eigenvalue weighted by molar-refractivity contribution is 0.583. The van der Waals surface area contributed by atoms with Crippen molar-refractivity contribution in [3.8, 4) is 0 Å². The topological polar surface area (TPSA) is 41.1 Å². The van der Waals surface area contributed by atoms with Crippen LogP contribution in [0.25, 0.3) is 0 Å². The van der Waals surface area contributed by atoms with Gasteiger partial charge in [-0.15, -0.1) is 0 Å². The number of aryl methyl sites for hydroxylation is 2. The molecule has 6 heteroatoms. The molecule has 0 aromatic carbocycles. The normalized spacial score (nSPS) is 15.1. The maximum absolute atomic E-state index is 13.7. The number of rotatable bonds is 4. The van der Waals surface area contributed by atoms with Gasteiger partial charge in [0.05, 0.1) is 10.7 Å². The van der Waals surface area contributed by atoms with Crippen LogP contribution in [0, 0.1) is 5.82 Å². The van der Waals surface area contributed by atoms with Crippen molar-refractivity contribution in [2.45, 2.75) is 12.8 Å². The number of nitrogens with one attached hydrogen (secondary N) is 1. The molecule has 2 aromatic rings. The molecule has 1 aliphatic rings. The van der Waals surface area contributed by atoms with Crippen molar-refractivity contribution in [3.63, 3.8) is 0 Å². The van der Waals surface area contributed by atoms with E-state index in [1.54, 1.807) is 0 Å². The molecule has 0 spiro atoms. The largest absolute Gasteiger partial charge is 0.354 e. The van der Waals surface area contributed by atoms with Crippen LogP contribution in [0.15, 0.2) is 30.5 Å². The maximum Gasteiger partial charge on any atom is 0.146 e. The van der Waals surface area contributed by atoms with Crippen molar-refractivity contribution in [1.29, 1.82) is 0 Å². The number of nitrogens with zero attached hydrogens (tertiary/aromatic N) is 3. The summed E-state index contributed by atoms with van der Waals surface area (Å²) in [5.41, 5.74) is 1.38. The summed E-state index contributed by atoms with van der Waals surface area (Å²) in [6.07, 6.45) is 2.65. The summed E-state index contributed by atoms with van der Waals surface area (Å²) in [4.78, 5) is 11.0. The summed E-state index contributed by atoms with van der Waals surface area (Å²) in [5.74, 6) is 0.634. The third-order valence-corrected chi connectivity index (χ3v) is 3.94. The first-order valence-electron chi connectivity index (χ1n) is 7.44. The molecule has 1 fully saturated rings. The summed E-state index contributed by atoms with van der Waals surface area (Å²) in [7, 11) is 0. The van der Waals surface area contributed by atoms with Crippen LogP contribution in [0.5, 0.6) is 0 Å². The van der Waals surface area contributed by atoms with Crippen LogP contribution in [0.4, 0.5) is 10.2 Å². The molecule has 1 saturated heterocycles. The van der Waals surface area contributed by atoms with Gasteiger partial charge < -0.3 is 10.2 Å².